The van der Waals surface area contributed by atoms with Crippen molar-refractivity contribution in [2.24, 2.45) is 0 Å². The van der Waals surface area contributed by atoms with Crippen molar-refractivity contribution in [1.29, 1.82) is 0 Å². The average Bonchev–Trinajstić information content (AvgIpc) is 3.05. The van der Waals surface area contributed by atoms with Crippen LogP contribution in [0.3, 0.4) is 0 Å². The van der Waals surface area contributed by atoms with Gasteiger partial charge in [-0.15, -0.1) is 0 Å². The van der Waals surface area contributed by atoms with Gasteiger partial charge in [-0.2, -0.15) is 17.6 Å². The van der Waals surface area contributed by atoms with Crippen LogP contribution >= 0.6 is 0 Å². The summed E-state index contributed by atoms with van der Waals surface area (Å²) in [6.45, 7) is 3.91. The second-order valence-electron chi connectivity index (χ2n) is 6.20. The Hall–Kier alpha value is -2.34. The average molecular weight is 357 g/mol. The van der Waals surface area contributed by atoms with Gasteiger partial charge >= 0.3 is 0 Å². The molecule has 0 saturated heterocycles. The summed E-state index contributed by atoms with van der Waals surface area (Å²) in [6, 6.07) is 13.0. The SMILES string of the molecule is CCc1cc(CC)n(S(=O)(=O)c2cccc3c(N(C)C)cccc23)n1. The third-order valence-corrected chi connectivity index (χ3v) is 6.05. The maximum absolute atomic E-state index is 13.3. The molecule has 0 amide bonds. The molecule has 25 heavy (non-hydrogen) atoms. The molecule has 0 bridgehead atoms. The van der Waals surface area contributed by atoms with E-state index in [-0.39, 0.29) is 4.90 Å². The maximum atomic E-state index is 13.3. The number of nitrogens with zero attached hydrogens (tertiary/aromatic N) is 3. The minimum absolute atomic E-state index is 0.286. The van der Waals surface area contributed by atoms with E-state index in [2.05, 4.69) is 5.10 Å². The standard InChI is InChI=1S/C19H23N3O2S/c1-5-14-13-15(6-2)22(20-14)25(23,24)19-12-8-9-16-17(19)10-7-11-18(16)21(3)4/h7-13H,5-6H2,1-4H3. The number of hydrogen-bond acceptors (Lipinski definition) is 4. The Balaban J connectivity index is 2.29. The van der Waals surface area contributed by atoms with Gasteiger partial charge in [-0.1, -0.05) is 38.1 Å². The molecule has 0 unspecified atom stereocenters. The zero-order valence-electron chi connectivity index (χ0n) is 15.0. The molecule has 5 nitrogen and oxygen atoms in total. The van der Waals surface area contributed by atoms with Crippen molar-refractivity contribution >= 4 is 26.5 Å². The predicted octanol–water partition coefficient (Wildman–Crippen LogP) is 3.46. The largest absolute Gasteiger partial charge is 0.377 e. The smallest absolute Gasteiger partial charge is 0.283 e. The number of hydrogen-bond donors (Lipinski definition) is 0. The Kier molecular flexibility index (Phi) is 4.56. The molecule has 132 valence electrons. The van der Waals surface area contributed by atoms with E-state index in [0.717, 1.165) is 16.8 Å². The number of rotatable bonds is 5. The summed E-state index contributed by atoms with van der Waals surface area (Å²) in [6.07, 6.45) is 1.32. The van der Waals surface area contributed by atoms with Gasteiger partial charge in [0.15, 0.2) is 0 Å². The molecule has 0 atom stereocenters. The summed E-state index contributed by atoms with van der Waals surface area (Å²) >= 11 is 0. The van der Waals surface area contributed by atoms with E-state index in [1.807, 2.05) is 63.2 Å². The van der Waals surface area contributed by atoms with Gasteiger partial charge in [0.1, 0.15) is 0 Å². The summed E-state index contributed by atoms with van der Waals surface area (Å²) in [4.78, 5) is 2.27. The first kappa shape index (κ1) is 17.5. The summed E-state index contributed by atoms with van der Waals surface area (Å²) in [7, 11) is 0.148. The molecule has 0 N–H and O–H groups in total. The Morgan fingerprint density at radius 2 is 1.68 bits per heavy atom. The van der Waals surface area contributed by atoms with Gasteiger partial charge in [-0.05, 0) is 31.0 Å². The fraction of sp³-hybridized carbons (Fsp3) is 0.316. The lowest BCUT2D eigenvalue weighted by atomic mass is 10.1. The second-order valence-corrected chi connectivity index (χ2v) is 7.94. The quantitative estimate of drug-likeness (QED) is 0.702. The molecule has 0 fully saturated rings. The van der Waals surface area contributed by atoms with Crippen LogP contribution in [0.15, 0.2) is 47.4 Å². The van der Waals surface area contributed by atoms with Crippen molar-refractivity contribution in [3.63, 3.8) is 0 Å². The topological polar surface area (TPSA) is 55.2 Å². The third kappa shape index (κ3) is 2.91. The van der Waals surface area contributed by atoms with Crippen LogP contribution in [0.2, 0.25) is 0 Å². The zero-order chi connectivity index (χ0) is 18.2. The summed E-state index contributed by atoms with van der Waals surface area (Å²) in [5, 5.41) is 5.95. The molecule has 0 radical (unpaired) electrons. The molecule has 1 heterocycles. The van der Waals surface area contributed by atoms with Crippen molar-refractivity contribution in [2.45, 2.75) is 31.6 Å². The molecule has 6 heteroatoms. The fourth-order valence-electron chi connectivity index (χ4n) is 3.05. The number of fused-ring (bicyclic) bond motifs is 1. The normalized spacial score (nSPS) is 11.8. The van der Waals surface area contributed by atoms with Crippen LogP contribution in [0.1, 0.15) is 25.2 Å². The first-order valence-corrected chi connectivity index (χ1v) is 9.86. The Bertz CT molecular complexity index is 1020. The summed E-state index contributed by atoms with van der Waals surface area (Å²) < 4.78 is 27.8. The van der Waals surface area contributed by atoms with Gasteiger partial charge in [-0.3, -0.25) is 0 Å². The van der Waals surface area contributed by atoms with E-state index in [1.54, 1.807) is 12.1 Å². The van der Waals surface area contributed by atoms with Crippen LogP contribution in [0.4, 0.5) is 5.69 Å². The maximum Gasteiger partial charge on any atom is 0.283 e. The lowest BCUT2D eigenvalue weighted by Crippen LogP contribution is -2.18. The minimum Gasteiger partial charge on any atom is -0.377 e. The molecule has 0 aliphatic rings. The molecule has 0 aliphatic carbocycles. The van der Waals surface area contributed by atoms with Gasteiger partial charge in [0.05, 0.1) is 16.3 Å². The van der Waals surface area contributed by atoms with E-state index >= 15 is 0 Å². The number of aryl methyl sites for hydroxylation is 2. The van der Waals surface area contributed by atoms with E-state index < -0.39 is 10.0 Å². The van der Waals surface area contributed by atoms with Crippen molar-refractivity contribution in [1.82, 2.24) is 9.19 Å². The van der Waals surface area contributed by atoms with E-state index in [0.29, 0.717) is 23.9 Å². The Labute approximate surface area is 148 Å². The fourth-order valence-corrected chi connectivity index (χ4v) is 4.64. The third-order valence-electron chi connectivity index (χ3n) is 4.37. The van der Waals surface area contributed by atoms with Crippen LogP contribution in [0, 0.1) is 0 Å². The molecular weight excluding hydrogens is 334 g/mol. The highest BCUT2D eigenvalue weighted by molar-refractivity contribution is 7.90. The lowest BCUT2D eigenvalue weighted by Gasteiger charge is -2.17. The Morgan fingerprint density at radius 1 is 1.00 bits per heavy atom. The van der Waals surface area contributed by atoms with Gasteiger partial charge in [0, 0.05) is 30.6 Å². The van der Waals surface area contributed by atoms with Crippen LogP contribution < -0.4 is 4.90 Å². The predicted molar refractivity (Wildman–Crippen MR) is 102 cm³/mol. The Morgan fingerprint density at radius 3 is 2.32 bits per heavy atom. The molecule has 0 aliphatic heterocycles. The lowest BCUT2D eigenvalue weighted by molar-refractivity contribution is 0.577. The van der Waals surface area contributed by atoms with Gasteiger partial charge < -0.3 is 4.90 Å². The van der Waals surface area contributed by atoms with E-state index in [4.69, 9.17) is 0 Å². The van der Waals surface area contributed by atoms with Crippen molar-refractivity contribution in [3.8, 4) is 0 Å². The van der Waals surface area contributed by atoms with Crippen molar-refractivity contribution < 1.29 is 8.42 Å². The minimum atomic E-state index is -3.75. The highest BCUT2D eigenvalue weighted by Crippen LogP contribution is 2.31. The molecular formula is C19H23N3O2S. The number of anilines is 1. The van der Waals surface area contributed by atoms with Crippen LogP contribution in [-0.4, -0.2) is 31.7 Å². The number of aromatic nitrogens is 2. The molecule has 3 aromatic rings. The van der Waals surface area contributed by atoms with E-state index in [1.165, 1.54) is 4.09 Å². The van der Waals surface area contributed by atoms with Crippen molar-refractivity contribution in [3.05, 3.63) is 53.9 Å². The highest BCUT2D eigenvalue weighted by Gasteiger charge is 2.24. The number of benzene rings is 2. The second kappa shape index (κ2) is 6.52. The zero-order valence-corrected chi connectivity index (χ0v) is 15.8. The van der Waals surface area contributed by atoms with Crippen molar-refractivity contribution in [2.75, 3.05) is 19.0 Å². The first-order valence-electron chi connectivity index (χ1n) is 8.42. The first-order chi connectivity index (χ1) is 11.9. The van der Waals surface area contributed by atoms with Gasteiger partial charge in [0.2, 0.25) is 0 Å². The molecule has 0 spiro atoms. The molecule has 3 rings (SSSR count). The monoisotopic (exact) mass is 357 g/mol. The summed E-state index contributed by atoms with van der Waals surface area (Å²) in [5.74, 6) is 0. The highest BCUT2D eigenvalue weighted by atomic mass is 32.2. The summed E-state index contributed by atoms with van der Waals surface area (Å²) in [5.41, 5.74) is 2.48. The molecule has 1 aromatic heterocycles. The van der Waals surface area contributed by atoms with Crippen LogP contribution in [0.5, 0.6) is 0 Å². The molecule has 2 aromatic carbocycles. The van der Waals surface area contributed by atoms with Crippen LogP contribution in [0.25, 0.3) is 10.8 Å². The van der Waals surface area contributed by atoms with Gasteiger partial charge in [0.25, 0.3) is 10.0 Å². The van der Waals surface area contributed by atoms with Crippen LogP contribution in [-0.2, 0) is 22.9 Å². The molecule has 0 saturated carbocycles. The van der Waals surface area contributed by atoms with E-state index in [9.17, 15) is 8.42 Å². The van der Waals surface area contributed by atoms with Gasteiger partial charge in [-0.25, -0.2) is 0 Å².